The number of sulfone groups is 1. The normalized spacial score (nSPS) is 11.4. The lowest BCUT2D eigenvalue weighted by atomic mass is 10.3. The van der Waals surface area contributed by atoms with Crippen LogP contribution in [0.4, 0.5) is 0 Å². The number of esters is 1. The summed E-state index contributed by atoms with van der Waals surface area (Å²) < 4.78 is 32.7. The lowest BCUT2D eigenvalue weighted by molar-refractivity contribution is -0.134. The van der Waals surface area contributed by atoms with Crippen LogP contribution < -0.4 is 4.74 Å². The molecular weight excluding hydrogens is 244 g/mol. The Morgan fingerprint density at radius 2 is 1.76 bits per heavy atom. The average Bonchev–Trinajstić information content (AvgIpc) is 2.36. The highest BCUT2D eigenvalue weighted by Gasteiger charge is 2.10. The summed E-state index contributed by atoms with van der Waals surface area (Å²) in [5.74, 6) is -0.164. The SMILES string of the molecule is COC(=O)/C=C/S(=O)(=O)c1ccc(OC)cc1. The molecule has 5 nitrogen and oxygen atoms in total. The van der Waals surface area contributed by atoms with E-state index in [-0.39, 0.29) is 4.90 Å². The Balaban J connectivity index is 2.97. The van der Waals surface area contributed by atoms with Gasteiger partial charge in [0, 0.05) is 11.5 Å². The number of rotatable bonds is 4. The number of ether oxygens (including phenoxy) is 2. The lowest BCUT2D eigenvalue weighted by Gasteiger charge is -2.01. The van der Waals surface area contributed by atoms with Gasteiger partial charge in [-0.15, -0.1) is 0 Å². The molecule has 0 saturated carbocycles. The Hall–Kier alpha value is -1.82. The summed E-state index contributed by atoms with van der Waals surface area (Å²) in [7, 11) is -0.967. The number of hydrogen-bond acceptors (Lipinski definition) is 5. The van der Waals surface area contributed by atoms with E-state index in [1.54, 1.807) is 0 Å². The summed E-state index contributed by atoms with van der Waals surface area (Å²) >= 11 is 0. The minimum absolute atomic E-state index is 0.0819. The molecule has 6 heteroatoms. The van der Waals surface area contributed by atoms with Crippen LogP contribution in [0.2, 0.25) is 0 Å². The monoisotopic (exact) mass is 256 g/mol. The van der Waals surface area contributed by atoms with E-state index in [9.17, 15) is 13.2 Å². The molecule has 0 aliphatic rings. The molecule has 0 aliphatic carbocycles. The Morgan fingerprint density at radius 3 is 2.24 bits per heavy atom. The molecule has 0 spiro atoms. The fraction of sp³-hybridized carbons (Fsp3) is 0.182. The van der Waals surface area contributed by atoms with Crippen molar-refractivity contribution >= 4 is 15.8 Å². The zero-order valence-corrected chi connectivity index (χ0v) is 10.2. The van der Waals surface area contributed by atoms with Crippen LogP contribution in [0.1, 0.15) is 0 Å². The second-order valence-electron chi connectivity index (χ2n) is 3.05. The Labute approximate surface area is 99.6 Å². The number of carbonyl (C=O) groups excluding carboxylic acids is 1. The van der Waals surface area contributed by atoms with Crippen molar-refractivity contribution in [2.75, 3.05) is 14.2 Å². The Bertz CT molecular complexity index is 513. The van der Waals surface area contributed by atoms with Crippen molar-refractivity contribution in [3.63, 3.8) is 0 Å². The first-order chi connectivity index (χ1) is 7.99. The maximum absolute atomic E-state index is 11.7. The summed E-state index contributed by atoms with van der Waals surface area (Å²) in [6, 6.07) is 5.85. The summed E-state index contributed by atoms with van der Waals surface area (Å²) in [6.45, 7) is 0. The third kappa shape index (κ3) is 3.60. The van der Waals surface area contributed by atoms with Crippen molar-refractivity contribution in [3.8, 4) is 5.75 Å². The van der Waals surface area contributed by atoms with Crippen molar-refractivity contribution in [1.82, 2.24) is 0 Å². The predicted molar refractivity (Wildman–Crippen MR) is 61.3 cm³/mol. The summed E-state index contributed by atoms with van der Waals surface area (Å²) in [6.07, 6.45) is 0.861. The first kappa shape index (κ1) is 13.2. The molecule has 1 aromatic carbocycles. The van der Waals surface area contributed by atoms with Gasteiger partial charge in [0.25, 0.3) is 0 Å². The van der Waals surface area contributed by atoms with E-state index in [0.29, 0.717) is 5.75 Å². The van der Waals surface area contributed by atoms with Crippen LogP contribution in [-0.4, -0.2) is 28.6 Å². The molecule has 0 saturated heterocycles. The van der Waals surface area contributed by atoms with Gasteiger partial charge in [0.05, 0.1) is 19.1 Å². The largest absolute Gasteiger partial charge is 0.497 e. The van der Waals surface area contributed by atoms with Crippen LogP contribution in [-0.2, 0) is 19.4 Å². The minimum atomic E-state index is -3.63. The van der Waals surface area contributed by atoms with Crippen LogP contribution in [0.5, 0.6) is 5.75 Å². The summed E-state index contributed by atoms with van der Waals surface area (Å²) in [5, 5.41) is 0.806. The molecule has 0 heterocycles. The van der Waals surface area contributed by atoms with Gasteiger partial charge in [-0.2, -0.15) is 0 Å². The van der Waals surface area contributed by atoms with E-state index >= 15 is 0 Å². The van der Waals surface area contributed by atoms with Crippen molar-refractivity contribution in [2.45, 2.75) is 4.90 Å². The number of methoxy groups -OCH3 is 2. The standard InChI is InChI=1S/C11H12O5S/c1-15-9-3-5-10(6-4-9)17(13,14)8-7-11(12)16-2/h3-8H,1-2H3/b8-7+. The second kappa shape index (κ2) is 5.49. The van der Waals surface area contributed by atoms with Crippen molar-refractivity contribution in [2.24, 2.45) is 0 Å². The highest BCUT2D eigenvalue weighted by molar-refractivity contribution is 7.94. The van der Waals surface area contributed by atoms with Crippen LogP contribution in [0.15, 0.2) is 40.6 Å². The van der Waals surface area contributed by atoms with Gasteiger partial charge in [0.2, 0.25) is 0 Å². The molecule has 0 bridgehead atoms. The first-order valence-corrected chi connectivity index (χ1v) is 6.19. The third-order valence-corrected chi connectivity index (χ3v) is 3.40. The number of benzene rings is 1. The second-order valence-corrected chi connectivity index (χ2v) is 4.88. The average molecular weight is 256 g/mol. The summed E-state index contributed by atoms with van der Waals surface area (Å²) in [4.78, 5) is 10.9. The van der Waals surface area contributed by atoms with Crippen molar-refractivity contribution in [1.29, 1.82) is 0 Å². The molecule has 0 unspecified atom stereocenters. The maximum Gasteiger partial charge on any atom is 0.331 e. The fourth-order valence-electron chi connectivity index (χ4n) is 1.06. The van der Waals surface area contributed by atoms with E-state index in [1.165, 1.54) is 38.5 Å². The molecule has 1 aromatic rings. The van der Waals surface area contributed by atoms with Crippen molar-refractivity contribution in [3.05, 3.63) is 35.7 Å². The topological polar surface area (TPSA) is 69.7 Å². The van der Waals surface area contributed by atoms with Gasteiger partial charge in [0.15, 0.2) is 9.84 Å². The quantitative estimate of drug-likeness (QED) is 0.597. The van der Waals surface area contributed by atoms with Crippen LogP contribution in [0.3, 0.4) is 0 Å². The third-order valence-electron chi connectivity index (χ3n) is 1.97. The van der Waals surface area contributed by atoms with E-state index in [0.717, 1.165) is 11.5 Å². The zero-order valence-electron chi connectivity index (χ0n) is 9.41. The minimum Gasteiger partial charge on any atom is -0.497 e. The molecule has 1 rings (SSSR count). The van der Waals surface area contributed by atoms with E-state index < -0.39 is 15.8 Å². The van der Waals surface area contributed by atoms with Crippen LogP contribution in [0.25, 0.3) is 0 Å². The van der Waals surface area contributed by atoms with Gasteiger partial charge in [-0.05, 0) is 24.3 Å². The predicted octanol–water partition coefficient (Wildman–Crippen LogP) is 1.16. The fourth-order valence-corrected chi connectivity index (χ4v) is 2.02. The first-order valence-electron chi connectivity index (χ1n) is 4.65. The van der Waals surface area contributed by atoms with E-state index in [4.69, 9.17) is 4.74 Å². The molecule has 0 N–H and O–H groups in total. The smallest absolute Gasteiger partial charge is 0.331 e. The Morgan fingerprint density at radius 1 is 1.18 bits per heavy atom. The van der Waals surface area contributed by atoms with Gasteiger partial charge >= 0.3 is 5.97 Å². The van der Waals surface area contributed by atoms with E-state index in [1.807, 2.05) is 0 Å². The van der Waals surface area contributed by atoms with Gasteiger partial charge in [-0.3, -0.25) is 0 Å². The number of hydrogen-bond donors (Lipinski definition) is 0. The highest BCUT2D eigenvalue weighted by Crippen LogP contribution is 2.17. The molecule has 0 aromatic heterocycles. The lowest BCUT2D eigenvalue weighted by Crippen LogP contribution is -2.00. The molecule has 92 valence electrons. The zero-order chi connectivity index (χ0) is 12.9. The maximum atomic E-state index is 11.7. The van der Waals surface area contributed by atoms with Gasteiger partial charge < -0.3 is 9.47 Å². The van der Waals surface area contributed by atoms with Crippen LogP contribution in [0, 0.1) is 0 Å². The highest BCUT2D eigenvalue weighted by atomic mass is 32.2. The van der Waals surface area contributed by atoms with Crippen molar-refractivity contribution < 1.29 is 22.7 Å². The van der Waals surface area contributed by atoms with Gasteiger partial charge in [0.1, 0.15) is 5.75 Å². The van der Waals surface area contributed by atoms with E-state index in [2.05, 4.69) is 4.74 Å². The molecule has 0 aliphatic heterocycles. The Kier molecular flexibility index (Phi) is 4.28. The van der Waals surface area contributed by atoms with Crippen LogP contribution >= 0.6 is 0 Å². The summed E-state index contributed by atoms with van der Waals surface area (Å²) in [5.41, 5.74) is 0. The van der Waals surface area contributed by atoms with Gasteiger partial charge in [-0.25, -0.2) is 13.2 Å². The molecule has 17 heavy (non-hydrogen) atoms. The molecule has 0 fully saturated rings. The molecular formula is C11H12O5S. The molecule has 0 atom stereocenters. The molecule has 0 amide bonds. The van der Waals surface area contributed by atoms with Gasteiger partial charge in [-0.1, -0.05) is 0 Å². The molecule has 0 radical (unpaired) electrons. The number of carbonyl (C=O) groups is 1.